The van der Waals surface area contributed by atoms with Gasteiger partial charge in [-0.15, -0.1) is 0 Å². The summed E-state index contributed by atoms with van der Waals surface area (Å²) in [7, 11) is 1.68. The lowest BCUT2D eigenvalue weighted by atomic mass is 10.1. The van der Waals surface area contributed by atoms with Crippen LogP contribution in [-0.2, 0) is 11.3 Å². The summed E-state index contributed by atoms with van der Waals surface area (Å²) in [6.45, 7) is 4.25. The summed E-state index contributed by atoms with van der Waals surface area (Å²) in [6, 6.07) is 6.95. The van der Waals surface area contributed by atoms with Gasteiger partial charge in [0.05, 0.1) is 18.2 Å². The van der Waals surface area contributed by atoms with Gasteiger partial charge in [-0.1, -0.05) is 0 Å². The maximum atomic E-state index is 13.4. The molecule has 0 amide bonds. The fourth-order valence-corrected chi connectivity index (χ4v) is 2.53. The second-order valence-corrected chi connectivity index (χ2v) is 5.45. The molecule has 0 N–H and O–H groups in total. The number of nitrogens with zero attached hydrogens (tertiary/aromatic N) is 2. The first-order chi connectivity index (χ1) is 9.65. The van der Waals surface area contributed by atoms with Crippen molar-refractivity contribution < 1.29 is 9.13 Å². The van der Waals surface area contributed by atoms with Crippen molar-refractivity contribution in [2.24, 2.45) is 5.92 Å². The van der Waals surface area contributed by atoms with Crippen molar-refractivity contribution in [3.8, 4) is 6.07 Å². The number of ether oxygens (including phenoxy) is 1. The van der Waals surface area contributed by atoms with Crippen LogP contribution in [0.1, 0.15) is 30.9 Å². The molecule has 1 saturated carbocycles. The molecule has 1 aromatic carbocycles. The van der Waals surface area contributed by atoms with Gasteiger partial charge in [0.1, 0.15) is 5.82 Å². The number of halogens is 1. The Bertz CT molecular complexity index is 494. The molecular formula is C16H21FN2O. The van der Waals surface area contributed by atoms with E-state index in [0.29, 0.717) is 24.8 Å². The maximum Gasteiger partial charge on any atom is 0.123 e. The Hall–Kier alpha value is -1.44. The largest absolute Gasteiger partial charge is 0.383 e. The number of methoxy groups -OCH3 is 1. The summed E-state index contributed by atoms with van der Waals surface area (Å²) < 4.78 is 18.6. The van der Waals surface area contributed by atoms with Crippen molar-refractivity contribution >= 4 is 0 Å². The van der Waals surface area contributed by atoms with Crippen LogP contribution in [0, 0.1) is 23.1 Å². The lowest BCUT2D eigenvalue weighted by molar-refractivity contribution is 0.111. The Balaban J connectivity index is 2.13. The summed E-state index contributed by atoms with van der Waals surface area (Å²) in [4.78, 5) is 2.29. The van der Waals surface area contributed by atoms with Gasteiger partial charge < -0.3 is 4.74 Å². The van der Waals surface area contributed by atoms with Crippen molar-refractivity contribution in [1.29, 1.82) is 5.26 Å². The van der Waals surface area contributed by atoms with Gasteiger partial charge in [0.15, 0.2) is 0 Å². The van der Waals surface area contributed by atoms with Gasteiger partial charge in [-0.2, -0.15) is 5.26 Å². The van der Waals surface area contributed by atoms with Gasteiger partial charge in [-0.3, -0.25) is 4.90 Å². The molecule has 0 aliphatic heterocycles. The summed E-state index contributed by atoms with van der Waals surface area (Å²) >= 11 is 0. The molecule has 1 aliphatic rings. The molecule has 4 heteroatoms. The highest BCUT2D eigenvalue weighted by molar-refractivity contribution is 5.37. The van der Waals surface area contributed by atoms with E-state index in [1.807, 2.05) is 0 Å². The van der Waals surface area contributed by atoms with E-state index in [1.165, 1.54) is 25.0 Å². The van der Waals surface area contributed by atoms with Crippen LogP contribution in [0.15, 0.2) is 18.2 Å². The number of hydrogen-bond donors (Lipinski definition) is 0. The number of hydrogen-bond acceptors (Lipinski definition) is 3. The molecule has 108 valence electrons. The van der Waals surface area contributed by atoms with Gasteiger partial charge >= 0.3 is 0 Å². The molecule has 1 unspecified atom stereocenters. The summed E-state index contributed by atoms with van der Waals surface area (Å²) in [5.74, 6) is 0.440. The van der Waals surface area contributed by atoms with Gasteiger partial charge in [0, 0.05) is 26.2 Å². The second-order valence-electron chi connectivity index (χ2n) is 5.45. The highest BCUT2D eigenvalue weighted by Gasteiger charge is 2.32. The molecular weight excluding hydrogens is 255 g/mol. The highest BCUT2D eigenvalue weighted by atomic mass is 19.1. The second kappa shape index (κ2) is 6.83. The van der Waals surface area contributed by atoms with E-state index in [-0.39, 0.29) is 5.82 Å². The lowest BCUT2D eigenvalue weighted by Crippen LogP contribution is -2.36. The van der Waals surface area contributed by atoms with Crippen molar-refractivity contribution in [3.63, 3.8) is 0 Å². The number of rotatable bonds is 7. The smallest absolute Gasteiger partial charge is 0.123 e. The van der Waals surface area contributed by atoms with E-state index in [1.54, 1.807) is 13.2 Å². The number of benzene rings is 1. The third-order valence-electron chi connectivity index (χ3n) is 4.02. The Morgan fingerprint density at radius 2 is 2.25 bits per heavy atom. The average molecular weight is 276 g/mol. The molecule has 2 rings (SSSR count). The van der Waals surface area contributed by atoms with E-state index in [9.17, 15) is 4.39 Å². The molecule has 0 radical (unpaired) electrons. The molecule has 0 bridgehead atoms. The minimum absolute atomic E-state index is 0.287. The minimum Gasteiger partial charge on any atom is -0.383 e. The van der Waals surface area contributed by atoms with Crippen LogP contribution in [0.4, 0.5) is 4.39 Å². The first-order valence-electron chi connectivity index (χ1n) is 7.07. The molecule has 20 heavy (non-hydrogen) atoms. The molecule has 1 atom stereocenters. The molecule has 0 heterocycles. The molecule has 1 aromatic rings. The van der Waals surface area contributed by atoms with Gasteiger partial charge in [0.25, 0.3) is 0 Å². The Kier molecular flexibility index (Phi) is 5.11. The minimum atomic E-state index is -0.287. The molecule has 0 aromatic heterocycles. The molecule has 1 fully saturated rings. The van der Waals surface area contributed by atoms with Crippen molar-refractivity contribution in [2.45, 2.75) is 32.4 Å². The predicted molar refractivity (Wildman–Crippen MR) is 75.6 cm³/mol. The van der Waals surface area contributed by atoms with Crippen molar-refractivity contribution in [3.05, 3.63) is 35.1 Å². The Labute approximate surface area is 120 Å². The quantitative estimate of drug-likeness (QED) is 0.768. The van der Waals surface area contributed by atoms with E-state index < -0.39 is 0 Å². The first-order valence-corrected chi connectivity index (χ1v) is 7.07. The first kappa shape index (κ1) is 15.0. The van der Waals surface area contributed by atoms with E-state index in [0.717, 1.165) is 18.0 Å². The zero-order chi connectivity index (χ0) is 14.5. The van der Waals surface area contributed by atoms with E-state index in [4.69, 9.17) is 10.00 Å². The maximum absolute atomic E-state index is 13.4. The topological polar surface area (TPSA) is 36.3 Å². The summed E-state index contributed by atoms with van der Waals surface area (Å²) in [5, 5.41) is 9.14. The lowest BCUT2D eigenvalue weighted by Gasteiger charge is -2.29. The zero-order valence-corrected chi connectivity index (χ0v) is 12.1. The standard InChI is InChI=1S/C16H21FN2O/c1-12(13-3-4-13)19(7-8-20-2)11-15-9-16(17)6-5-14(15)10-18/h5-6,9,12-13H,3-4,7-8,11H2,1-2H3. The normalized spacial score (nSPS) is 16.1. The number of nitriles is 1. The highest BCUT2D eigenvalue weighted by Crippen LogP contribution is 2.35. The molecule has 1 aliphatic carbocycles. The zero-order valence-electron chi connectivity index (χ0n) is 12.1. The van der Waals surface area contributed by atoms with Crippen LogP contribution in [0.25, 0.3) is 0 Å². The molecule has 0 spiro atoms. The van der Waals surface area contributed by atoms with Gasteiger partial charge in [-0.05, 0) is 49.4 Å². The van der Waals surface area contributed by atoms with Crippen molar-refractivity contribution in [1.82, 2.24) is 4.90 Å². The fourth-order valence-electron chi connectivity index (χ4n) is 2.53. The summed E-state index contributed by atoms with van der Waals surface area (Å²) in [6.07, 6.45) is 2.53. The van der Waals surface area contributed by atoms with Crippen LogP contribution in [0.3, 0.4) is 0 Å². The Morgan fingerprint density at radius 1 is 1.50 bits per heavy atom. The van der Waals surface area contributed by atoms with Crippen LogP contribution < -0.4 is 0 Å². The monoisotopic (exact) mass is 276 g/mol. The van der Waals surface area contributed by atoms with Gasteiger partial charge in [-0.25, -0.2) is 4.39 Å². The summed E-state index contributed by atoms with van der Waals surface area (Å²) in [5.41, 5.74) is 1.31. The predicted octanol–water partition coefficient (Wildman–Crippen LogP) is 2.94. The third kappa shape index (κ3) is 3.78. The molecule has 3 nitrogen and oxygen atoms in total. The molecule has 0 saturated heterocycles. The van der Waals surface area contributed by atoms with Crippen LogP contribution in [0.2, 0.25) is 0 Å². The van der Waals surface area contributed by atoms with Crippen molar-refractivity contribution in [2.75, 3.05) is 20.3 Å². The van der Waals surface area contributed by atoms with Crippen LogP contribution in [-0.4, -0.2) is 31.2 Å². The van der Waals surface area contributed by atoms with Gasteiger partial charge in [0.2, 0.25) is 0 Å². The van der Waals surface area contributed by atoms with Crippen LogP contribution in [0.5, 0.6) is 0 Å². The average Bonchev–Trinajstić information content (AvgIpc) is 3.27. The van der Waals surface area contributed by atoms with E-state index in [2.05, 4.69) is 17.9 Å². The Morgan fingerprint density at radius 3 is 2.85 bits per heavy atom. The fraction of sp³-hybridized carbons (Fsp3) is 0.562. The van der Waals surface area contributed by atoms with Crippen LogP contribution >= 0.6 is 0 Å². The van der Waals surface area contributed by atoms with E-state index >= 15 is 0 Å². The third-order valence-corrected chi connectivity index (χ3v) is 4.02. The SMILES string of the molecule is COCCN(Cc1cc(F)ccc1C#N)C(C)C1CC1.